The first-order valence-corrected chi connectivity index (χ1v) is 11.9. The number of nitrogens with zero attached hydrogens (tertiary/aromatic N) is 3. The van der Waals surface area contributed by atoms with Gasteiger partial charge in [0.15, 0.2) is 11.3 Å². The van der Waals surface area contributed by atoms with Gasteiger partial charge in [-0.3, -0.25) is 4.79 Å². The highest BCUT2D eigenvalue weighted by molar-refractivity contribution is 14.1. The minimum atomic E-state index is -3.75. The number of aromatic carboxylic acids is 1. The van der Waals surface area contributed by atoms with Crippen LogP contribution in [0.15, 0.2) is 39.8 Å². The van der Waals surface area contributed by atoms with Crippen LogP contribution in [0.1, 0.15) is 39.3 Å². The summed E-state index contributed by atoms with van der Waals surface area (Å²) >= 11 is 1.85. The number of rotatable bonds is 5. The van der Waals surface area contributed by atoms with Crippen molar-refractivity contribution in [1.82, 2.24) is 9.46 Å². The number of carboxylic acids is 1. The first-order chi connectivity index (χ1) is 15.2. The summed E-state index contributed by atoms with van der Waals surface area (Å²) < 4.78 is 33.0. The summed E-state index contributed by atoms with van der Waals surface area (Å²) in [7, 11) is -3.75. The molecule has 164 valence electrons. The minimum Gasteiger partial charge on any atom is -0.478 e. The van der Waals surface area contributed by atoms with E-state index in [1.807, 2.05) is 28.7 Å². The molecular weight excluding hydrogens is 551 g/mol. The largest absolute Gasteiger partial charge is 0.478 e. The molecule has 4 rings (SSSR count). The van der Waals surface area contributed by atoms with E-state index in [4.69, 9.17) is 9.78 Å². The number of benzene rings is 2. The second-order valence-corrected chi connectivity index (χ2v) is 10.0. The Morgan fingerprint density at radius 2 is 1.94 bits per heavy atom. The molecule has 0 saturated carbocycles. The summed E-state index contributed by atoms with van der Waals surface area (Å²) in [5.41, 5.74) is -0.133. The van der Waals surface area contributed by atoms with Crippen LogP contribution in [0.4, 0.5) is 5.69 Å². The van der Waals surface area contributed by atoms with Crippen molar-refractivity contribution in [2.24, 2.45) is 0 Å². The van der Waals surface area contributed by atoms with Gasteiger partial charge in [0.05, 0.1) is 33.2 Å². The van der Waals surface area contributed by atoms with E-state index >= 15 is 0 Å². The monoisotopic (exact) mass is 566 g/mol. The van der Waals surface area contributed by atoms with Crippen molar-refractivity contribution in [3.63, 3.8) is 0 Å². The van der Waals surface area contributed by atoms with Crippen LogP contribution in [0.3, 0.4) is 0 Å². The summed E-state index contributed by atoms with van der Waals surface area (Å²) in [6, 6.07) is 8.52. The van der Waals surface area contributed by atoms with Gasteiger partial charge in [0.1, 0.15) is 0 Å². The third-order valence-corrected chi connectivity index (χ3v) is 8.49. The molecule has 10 nitrogen and oxygen atoms in total. The molecule has 1 aliphatic heterocycles. The van der Waals surface area contributed by atoms with Crippen molar-refractivity contribution < 1.29 is 27.6 Å². The fourth-order valence-electron chi connectivity index (χ4n) is 3.48. The number of aromatic nitrogens is 1. The number of nitriles is 1. The number of fused-ring (bicyclic) bond motifs is 1. The molecule has 2 heterocycles. The highest BCUT2D eigenvalue weighted by atomic mass is 127. The van der Waals surface area contributed by atoms with Crippen molar-refractivity contribution in [1.29, 1.82) is 5.26 Å². The van der Waals surface area contributed by atoms with Crippen LogP contribution in [0.2, 0.25) is 0 Å². The average molecular weight is 566 g/mol. The molecule has 1 aliphatic rings. The number of amides is 1. The molecule has 1 aromatic heterocycles. The molecule has 2 N–H and O–H groups in total. The SMILES string of the molecule is N#Cc1ccc(NC(=O)c2noc3ccc(S(=O)(=O)N4CCCC4)c(I)c23)c(C(=O)O)c1. The lowest BCUT2D eigenvalue weighted by Crippen LogP contribution is -2.28. The van der Waals surface area contributed by atoms with Gasteiger partial charge in [-0.15, -0.1) is 0 Å². The summed E-state index contributed by atoms with van der Waals surface area (Å²) in [5, 5.41) is 24.8. The zero-order chi connectivity index (χ0) is 23.0. The van der Waals surface area contributed by atoms with Gasteiger partial charge in [0.2, 0.25) is 10.0 Å². The highest BCUT2D eigenvalue weighted by Crippen LogP contribution is 2.33. The van der Waals surface area contributed by atoms with E-state index in [0.29, 0.717) is 13.1 Å². The number of hydrogen-bond acceptors (Lipinski definition) is 7. The lowest BCUT2D eigenvalue weighted by Gasteiger charge is -2.16. The number of carbonyl (C=O) groups excluding carboxylic acids is 1. The quantitative estimate of drug-likeness (QED) is 0.447. The van der Waals surface area contributed by atoms with E-state index in [0.717, 1.165) is 18.9 Å². The molecule has 2 aromatic carbocycles. The Labute approximate surface area is 196 Å². The third-order valence-electron chi connectivity index (χ3n) is 5.07. The maximum absolute atomic E-state index is 13.1. The lowest BCUT2D eigenvalue weighted by atomic mass is 10.1. The topological polar surface area (TPSA) is 154 Å². The van der Waals surface area contributed by atoms with Crippen LogP contribution in [0.5, 0.6) is 0 Å². The Bertz CT molecular complexity index is 1400. The third kappa shape index (κ3) is 3.83. The molecule has 0 spiro atoms. The van der Waals surface area contributed by atoms with Crippen molar-refractivity contribution in [3.05, 3.63) is 50.7 Å². The van der Waals surface area contributed by atoms with Gasteiger partial charge in [0.25, 0.3) is 5.91 Å². The Morgan fingerprint density at radius 1 is 1.22 bits per heavy atom. The van der Waals surface area contributed by atoms with Gasteiger partial charge < -0.3 is 14.9 Å². The highest BCUT2D eigenvalue weighted by Gasteiger charge is 2.31. The van der Waals surface area contributed by atoms with Crippen LogP contribution in [-0.4, -0.2) is 48.0 Å². The number of halogens is 1. The Morgan fingerprint density at radius 3 is 2.59 bits per heavy atom. The Hall–Kier alpha value is -3.02. The maximum Gasteiger partial charge on any atom is 0.337 e. The van der Waals surface area contributed by atoms with Gasteiger partial charge >= 0.3 is 5.97 Å². The van der Waals surface area contributed by atoms with Gasteiger partial charge in [-0.25, -0.2) is 13.2 Å². The van der Waals surface area contributed by atoms with Gasteiger partial charge in [-0.05, 0) is 65.8 Å². The molecule has 0 atom stereocenters. The van der Waals surface area contributed by atoms with Crippen molar-refractivity contribution in [2.75, 3.05) is 18.4 Å². The standard InChI is InChI=1S/C20H15IN4O6S/c21-17-15(32(29,30)25-7-1-2-8-25)6-5-14-16(17)18(24-31-14)19(26)23-13-4-3-11(10-22)9-12(13)20(27)28/h3-6,9H,1-2,7-8H2,(H,23,26)(H,27,28). The smallest absolute Gasteiger partial charge is 0.337 e. The van der Waals surface area contributed by atoms with Crippen molar-refractivity contribution in [3.8, 4) is 6.07 Å². The van der Waals surface area contributed by atoms with Gasteiger partial charge in [-0.2, -0.15) is 9.57 Å². The molecule has 12 heteroatoms. The summed E-state index contributed by atoms with van der Waals surface area (Å²) in [4.78, 5) is 24.5. The van der Waals surface area contributed by atoms with E-state index in [1.54, 1.807) is 0 Å². The Balaban J connectivity index is 1.75. The predicted octanol–water partition coefficient (Wildman–Crippen LogP) is 3.04. The zero-order valence-electron chi connectivity index (χ0n) is 16.3. The van der Waals surface area contributed by atoms with Crippen LogP contribution >= 0.6 is 22.6 Å². The van der Waals surface area contributed by atoms with E-state index in [-0.39, 0.29) is 41.9 Å². The minimum absolute atomic E-state index is 0.0338. The molecule has 1 saturated heterocycles. The predicted molar refractivity (Wildman–Crippen MR) is 121 cm³/mol. The number of carbonyl (C=O) groups is 2. The second-order valence-electron chi connectivity index (χ2n) is 7.02. The molecular formula is C20H15IN4O6S. The first-order valence-electron chi connectivity index (χ1n) is 9.41. The Kier molecular flexibility index (Phi) is 5.89. The maximum atomic E-state index is 13.1. The molecule has 3 aromatic rings. The molecule has 1 fully saturated rings. The normalized spacial score (nSPS) is 14.4. The van der Waals surface area contributed by atoms with E-state index in [1.165, 1.54) is 28.6 Å². The number of anilines is 1. The number of nitrogens with one attached hydrogen (secondary N) is 1. The fourth-order valence-corrected chi connectivity index (χ4v) is 6.60. The molecule has 32 heavy (non-hydrogen) atoms. The van der Waals surface area contributed by atoms with Crippen LogP contribution in [-0.2, 0) is 10.0 Å². The van der Waals surface area contributed by atoms with E-state index < -0.39 is 21.9 Å². The first kappa shape index (κ1) is 22.2. The van der Waals surface area contributed by atoms with Gasteiger partial charge in [0, 0.05) is 16.7 Å². The molecule has 0 aliphatic carbocycles. The summed E-state index contributed by atoms with van der Waals surface area (Å²) in [5.74, 6) is -2.10. The van der Waals surface area contributed by atoms with Crippen LogP contribution < -0.4 is 5.32 Å². The second kappa shape index (κ2) is 8.49. The summed E-state index contributed by atoms with van der Waals surface area (Å²) in [6.07, 6.45) is 1.57. The fraction of sp³-hybridized carbons (Fsp3) is 0.200. The zero-order valence-corrected chi connectivity index (χ0v) is 19.3. The van der Waals surface area contributed by atoms with E-state index in [9.17, 15) is 23.1 Å². The van der Waals surface area contributed by atoms with Crippen molar-refractivity contribution in [2.45, 2.75) is 17.7 Å². The van der Waals surface area contributed by atoms with Crippen molar-refractivity contribution >= 4 is 61.1 Å². The number of sulfonamides is 1. The van der Waals surface area contributed by atoms with Crippen LogP contribution in [0, 0.1) is 14.9 Å². The average Bonchev–Trinajstić information content (AvgIpc) is 3.45. The summed E-state index contributed by atoms with van der Waals surface area (Å²) in [6.45, 7) is 0.869. The molecule has 1 amide bonds. The van der Waals surface area contributed by atoms with E-state index in [2.05, 4.69) is 10.5 Å². The molecule has 0 unspecified atom stereocenters. The van der Waals surface area contributed by atoms with Gasteiger partial charge in [-0.1, -0.05) is 5.16 Å². The number of carboxylic acid groups (broad SMARTS) is 1. The molecule has 0 bridgehead atoms. The lowest BCUT2D eigenvalue weighted by molar-refractivity contribution is 0.0698. The number of hydrogen-bond donors (Lipinski definition) is 2. The molecule has 0 radical (unpaired) electrons. The van der Waals surface area contributed by atoms with Crippen LogP contribution in [0.25, 0.3) is 11.0 Å².